The van der Waals surface area contributed by atoms with Gasteiger partial charge in [0.1, 0.15) is 11.5 Å². The van der Waals surface area contributed by atoms with Gasteiger partial charge in [0.25, 0.3) is 0 Å². The Morgan fingerprint density at radius 1 is 1.05 bits per heavy atom. The fraction of sp³-hybridized carbons (Fsp3) is 0.118. The van der Waals surface area contributed by atoms with E-state index in [0.717, 1.165) is 22.0 Å². The van der Waals surface area contributed by atoms with E-state index in [0.29, 0.717) is 0 Å². The van der Waals surface area contributed by atoms with Crippen LogP contribution in [0.4, 0.5) is 5.69 Å². The minimum Gasteiger partial charge on any atom is -0.508 e. The number of pyridine rings is 1. The van der Waals surface area contributed by atoms with Crippen LogP contribution in [0.2, 0.25) is 0 Å². The molecule has 0 spiro atoms. The molecular formula is C17H16N2O2. The van der Waals surface area contributed by atoms with Gasteiger partial charge in [-0.2, -0.15) is 0 Å². The number of anilines is 1. The van der Waals surface area contributed by atoms with Crippen LogP contribution in [0.3, 0.4) is 0 Å². The number of rotatable bonds is 3. The zero-order valence-corrected chi connectivity index (χ0v) is 11.6. The topological polar surface area (TPSA) is 65.4 Å². The van der Waals surface area contributed by atoms with Gasteiger partial charge in [-0.1, -0.05) is 12.1 Å². The number of hydrogen-bond donors (Lipinski definition) is 3. The molecule has 4 heteroatoms. The summed E-state index contributed by atoms with van der Waals surface area (Å²) in [5.74, 6) is 0.113. The highest BCUT2D eigenvalue weighted by Crippen LogP contribution is 2.29. The number of benzene rings is 2. The Morgan fingerprint density at radius 2 is 1.81 bits per heavy atom. The van der Waals surface area contributed by atoms with Gasteiger partial charge in [0, 0.05) is 41.0 Å². The van der Waals surface area contributed by atoms with E-state index in [1.165, 1.54) is 6.07 Å². The first-order valence-corrected chi connectivity index (χ1v) is 6.76. The Morgan fingerprint density at radius 3 is 2.57 bits per heavy atom. The summed E-state index contributed by atoms with van der Waals surface area (Å²) in [7, 11) is 0. The standard InChI is InChI=1S/C17H16N2O2/c1-11(13-7-14(20)9-15(21)8-13)19-17-4-2-3-12-10-18-6-5-16(12)17/h2-11,19-21H,1H3. The molecule has 0 radical (unpaired) electrons. The van der Waals surface area contributed by atoms with E-state index in [9.17, 15) is 10.2 Å². The molecule has 0 saturated heterocycles. The number of phenols is 2. The van der Waals surface area contributed by atoms with Crippen molar-refractivity contribution >= 4 is 16.5 Å². The van der Waals surface area contributed by atoms with Gasteiger partial charge in [0.15, 0.2) is 0 Å². The monoisotopic (exact) mass is 280 g/mol. The fourth-order valence-electron chi connectivity index (χ4n) is 2.43. The first-order chi connectivity index (χ1) is 10.1. The molecule has 1 atom stereocenters. The highest BCUT2D eigenvalue weighted by molar-refractivity contribution is 5.93. The zero-order chi connectivity index (χ0) is 14.8. The van der Waals surface area contributed by atoms with E-state index < -0.39 is 0 Å². The number of aromatic hydroxyl groups is 2. The average molecular weight is 280 g/mol. The van der Waals surface area contributed by atoms with Crippen LogP contribution in [0.5, 0.6) is 11.5 Å². The van der Waals surface area contributed by atoms with Gasteiger partial charge in [-0.05, 0) is 36.8 Å². The lowest BCUT2D eigenvalue weighted by molar-refractivity contribution is 0.448. The molecule has 0 aliphatic carbocycles. The Hall–Kier alpha value is -2.75. The van der Waals surface area contributed by atoms with Crippen LogP contribution >= 0.6 is 0 Å². The van der Waals surface area contributed by atoms with E-state index in [1.54, 1.807) is 18.3 Å². The van der Waals surface area contributed by atoms with Gasteiger partial charge in [-0.3, -0.25) is 4.98 Å². The number of phenolic OH excluding ortho intramolecular Hbond substituents is 2. The maximum Gasteiger partial charge on any atom is 0.119 e. The van der Waals surface area contributed by atoms with Crippen molar-refractivity contribution in [2.45, 2.75) is 13.0 Å². The SMILES string of the molecule is CC(Nc1cccc2cnccc12)c1cc(O)cc(O)c1. The van der Waals surface area contributed by atoms with Crippen LogP contribution in [0.15, 0.2) is 54.9 Å². The van der Waals surface area contributed by atoms with Gasteiger partial charge in [-0.15, -0.1) is 0 Å². The molecule has 0 saturated carbocycles. The molecule has 3 aromatic rings. The van der Waals surface area contributed by atoms with Crippen LogP contribution in [0.1, 0.15) is 18.5 Å². The van der Waals surface area contributed by atoms with Crippen LogP contribution < -0.4 is 5.32 Å². The maximum absolute atomic E-state index is 9.58. The maximum atomic E-state index is 9.58. The molecule has 0 bridgehead atoms. The van der Waals surface area contributed by atoms with E-state index in [-0.39, 0.29) is 17.5 Å². The van der Waals surface area contributed by atoms with Gasteiger partial charge >= 0.3 is 0 Å². The first-order valence-electron chi connectivity index (χ1n) is 6.76. The second-order valence-electron chi connectivity index (χ2n) is 5.05. The van der Waals surface area contributed by atoms with E-state index >= 15 is 0 Å². The molecular weight excluding hydrogens is 264 g/mol. The van der Waals surface area contributed by atoms with Crippen molar-refractivity contribution in [1.29, 1.82) is 0 Å². The van der Waals surface area contributed by atoms with Crippen molar-refractivity contribution in [1.82, 2.24) is 4.98 Å². The fourth-order valence-corrected chi connectivity index (χ4v) is 2.43. The Labute approximate surface area is 122 Å². The largest absolute Gasteiger partial charge is 0.508 e. The van der Waals surface area contributed by atoms with Crippen molar-refractivity contribution in [3.63, 3.8) is 0 Å². The molecule has 0 fully saturated rings. The smallest absolute Gasteiger partial charge is 0.119 e. The number of hydrogen-bond acceptors (Lipinski definition) is 4. The van der Waals surface area contributed by atoms with Crippen molar-refractivity contribution in [2.24, 2.45) is 0 Å². The van der Waals surface area contributed by atoms with Crippen molar-refractivity contribution in [3.05, 3.63) is 60.4 Å². The molecule has 0 aliphatic rings. The summed E-state index contributed by atoms with van der Waals surface area (Å²) in [4.78, 5) is 4.12. The predicted molar refractivity (Wildman–Crippen MR) is 83.6 cm³/mol. The molecule has 1 aromatic heterocycles. The normalized spacial score (nSPS) is 12.2. The van der Waals surface area contributed by atoms with E-state index in [2.05, 4.69) is 10.3 Å². The van der Waals surface area contributed by atoms with Crippen LogP contribution in [-0.2, 0) is 0 Å². The molecule has 3 N–H and O–H groups in total. The molecule has 4 nitrogen and oxygen atoms in total. The Balaban J connectivity index is 1.94. The second-order valence-corrected chi connectivity index (χ2v) is 5.05. The molecule has 2 aromatic carbocycles. The van der Waals surface area contributed by atoms with Crippen molar-refractivity contribution in [3.8, 4) is 11.5 Å². The van der Waals surface area contributed by atoms with Crippen LogP contribution in [0, 0.1) is 0 Å². The van der Waals surface area contributed by atoms with Crippen molar-refractivity contribution < 1.29 is 10.2 Å². The average Bonchev–Trinajstić information content (AvgIpc) is 2.46. The minimum absolute atomic E-state index is 0.0539. The summed E-state index contributed by atoms with van der Waals surface area (Å²) >= 11 is 0. The number of nitrogens with zero attached hydrogens (tertiary/aromatic N) is 1. The summed E-state index contributed by atoms with van der Waals surface area (Å²) < 4.78 is 0. The van der Waals surface area contributed by atoms with Gasteiger partial charge < -0.3 is 15.5 Å². The van der Waals surface area contributed by atoms with E-state index in [4.69, 9.17) is 0 Å². The second kappa shape index (κ2) is 5.32. The highest BCUT2D eigenvalue weighted by atomic mass is 16.3. The quantitative estimate of drug-likeness (QED) is 0.682. The molecule has 0 amide bonds. The molecule has 21 heavy (non-hydrogen) atoms. The van der Waals surface area contributed by atoms with Crippen molar-refractivity contribution in [2.75, 3.05) is 5.32 Å². The third-order valence-electron chi connectivity index (χ3n) is 3.48. The third-order valence-corrected chi connectivity index (χ3v) is 3.48. The van der Waals surface area contributed by atoms with Crippen LogP contribution in [-0.4, -0.2) is 15.2 Å². The van der Waals surface area contributed by atoms with E-state index in [1.807, 2.05) is 37.4 Å². The van der Waals surface area contributed by atoms with Crippen LogP contribution in [0.25, 0.3) is 10.8 Å². The number of aromatic nitrogens is 1. The molecule has 3 rings (SSSR count). The summed E-state index contributed by atoms with van der Waals surface area (Å²) in [6.45, 7) is 1.98. The Bertz CT molecular complexity index is 761. The number of nitrogens with one attached hydrogen (secondary N) is 1. The zero-order valence-electron chi connectivity index (χ0n) is 11.6. The molecule has 0 aliphatic heterocycles. The summed E-state index contributed by atoms with van der Waals surface area (Å²) in [6, 6.07) is 12.5. The minimum atomic E-state index is -0.0539. The first kappa shape index (κ1) is 13.2. The molecule has 106 valence electrons. The predicted octanol–water partition coefficient (Wildman–Crippen LogP) is 3.82. The lowest BCUT2D eigenvalue weighted by Crippen LogP contribution is -2.06. The lowest BCUT2D eigenvalue weighted by atomic mass is 10.1. The van der Waals surface area contributed by atoms with Gasteiger partial charge in [0.2, 0.25) is 0 Å². The summed E-state index contributed by atoms with van der Waals surface area (Å²) in [5, 5.41) is 24.7. The third kappa shape index (κ3) is 2.74. The molecule has 1 heterocycles. The lowest BCUT2D eigenvalue weighted by Gasteiger charge is -2.17. The highest BCUT2D eigenvalue weighted by Gasteiger charge is 2.09. The van der Waals surface area contributed by atoms with Gasteiger partial charge in [-0.25, -0.2) is 0 Å². The van der Waals surface area contributed by atoms with Gasteiger partial charge in [0.05, 0.1) is 0 Å². The summed E-state index contributed by atoms with van der Waals surface area (Å²) in [5.41, 5.74) is 1.81. The Kier molecular flexibility index (Phi) is 3.36. The summed E-state index contributed by atoms with van der Waals surface area (Å²) in [6.07, 6.45) is 3.59. The molecule has 1 unspecified atom stereocenters. The number of fused-ring (bicyclic) bond motifs is 1.